The lowest BCUT2D eigenvalue weighted by atomic mass is 10.2. The average molecular weight is 340 g/mol. The van der Waals surface area contributed by atoms with E-state index in [2.05, 4.69) is 36.5 Å². The van der Waals surface area contributed by atoms with Gasteiger partial charge in [-0.25, -0.2) is 0 Å². The van der Waals surface area contributed by atoms with Gasteiger partial charge >= 0.3 is 11.8 Å². The van der Waals surface area contributed by atoms with Crippen LogP contribution in [0.1, 0.15) is 36.3 Å². The molecule has 2 aromatic heterocycles. The van der Waals surface area contributed by atoms with Crippen LogP contribution in [0.4, 0.5) is 0 Å². The minimum atomic E-state index is -0.338. The van der Waals surface area contributed by atoms with E-state index >= 15 is 0 Å². The van der Waals surface area contributed by atoms with Crippen molar-refractivity contribution < 1.29 is 9.32 Å². The molecule has 1 aliphatic carbocycles. The predicted octanol–water partition coefficient (Wildman–Crippen LogP) is 1.51. The Labute approximate surface area is 123 Å². The van der Waals surface area contributed by atoms with Gasteiger partial charge in [-0.2, -0.15) is 10.1 Å². The lowest BCUT2D eigenvalue weighted by Crippen LogP contribution is -2.36. The van der Waals surface area contributed by atoms with Gasteiger partial charge in [0.05, 0.1) is 16.2 Å². The van der Waals surface area contributed by atoms with Crippen molar-refractivity contribution in [3.63, 3.8) is 0 Å². The first-order valence-electron chi connectivity index (χ1n) is 6.44. The Hall–Kier alpha value is -1.70. The van der Waals surface area contributed by atoms with Crippen LogP contribution in [-0.4, -0.2) is 32.4 Å². The number of amides is 1. The van der Waals surface area contributed by atoms with Crippen LogP contribution in [0.15, 0.2) is 21.4 Å². The second kappa shape index (κ2) is 5.01. The normalized spacial score (nSPS) is 16.1. The number of hydrogen-bond acceptors (Lipinski definition) is 5. The summed E-state index contributed by atoms with van der Waals surface area (Å²) >= 11 is 3.38. The number of hydrogen-bond donors (Lipinski definition) is 1. The van der Waals surface area contributed by atoms with Crippen LogP contribution in [-0.2, 0) is 12.0 Å². The van der Waals surface area contributed by atoms with Crippen molar-refractivity contribution in [1.82, 2.24) is 25.2 Å². The van der Waals surface area contributed by atoms with Gasteiger partial charge in [0.2, 0.25) is 0 Å². The largest absolute Gasteiger partial charge is 0.345 e. The molecular weight excluding hydrogens is 326 g/mol. The standard InChI is InChI=1S/C12H14BrN5O2/c1-2-9-16-11(20-17-9)10(19)14-7-12(3-4-12)18-6-8(13)5-15-18/h5-6H,2-4,7H2,1H3,(H,14,19). The van der Waals surface area contributed by atoms with E-state index in [1.165, 1.54) is 0 Å². The maximum atomic E-state index is 11.9. The van der Waals surface area contributed by atoms with Gasteiger partial charge in [0.25, 0.3) is 0 Å². The Morgan fingerprint density at radius 2 is 2.40 bits per heavy atom. The Bertz CT molecular complexity index is 631. The highest BCUT2D eigenvalue weighted by molar-refractivity contribution is 9.10. The van der Waals surface area contributed by atoms with Gasteiger partial charge in [-0.3, -0.25) is 9.48 Å². The summed E-state index contributed by atoms with van der Waals surface area (Å²) < 4.78 is 7.73. The third kappa shape index (κ3) is 2.47. The van der Waals surface area contributed by atoms with E-state index in [4.69, 9.17) is 4.52 Å². The molecule has 7 nitrogen and oxygen atoms in total. The molecule has 0 spiro atoms. The fourth-order valence-corrected chi connectivity index (χ4v) is 2.29. The fraction of sp³-hybridized carbons (Fsp3) is 0.500. The van der Waals surface area contributed by atoms with E-state index in [1.54, 1.807) is 6.20 Å². The highest BCUT2D eigenvalue weighted by Crippen LogP contribution is 2.42. The monoisotopic (exact) mass is 339 g/mol. The van der Waals surface area contributed by atoms with Crippen LogP contribution in [0.2, 0.25) is 0 Å². The number of carbonyl (C=O) groups is 1. The van der Waals surface area contributed by atoms with Crippen LogP contribution >= 0.6 is 15.9 Å². The van der Waals surface area contributed by atoms with E-state index in [9.17, 15) is 4.79 Å². The molecule has 0 unspecified atom stereocenters. The van der Waals surface area contributed by atoms with Crippen LogP contribution in [0, 0.1) is 0 Å². The summed E-state index contributed by atoms with van der Waals surface area (Å²) in [5, 5.41) is 10.8. The highest BCUT2D eigenvalue weighted by atomic mass is 79.9. The third-order valence-corrected chi connectivity index (χ3v) is 3.83. The molecule has 2 heterocycles. The molecule has 0 saturated heterocycles. The van der Waals surface area contributed by atoms with Crippen molar-refractivity contribution in [2.45, 2.75) is 31.7 Å². The Kier molecular flexibility index (Phi) is 3.33. The second-order valence-electron chi connectivity index (χ2n) is 4.88. The molecule has 106 valence electrons. The van der Waals surface area contributed by atoms with Crippen LogP contribution in [0.5, 0.6) is 0 Å². The molecule has 8 heteroatoms. The molecule has 0 aliphatic heterocycles. The summed E-state index contributed by atoms with van der Waals surface area (Å²) in [5.41, 5.74) is -0.116. The number of halogens is 1. The first-order chi connectivity index (χ1) is 9.63. The fourth-order valence-electron chi connectivity index (χ4n) is 2.00. The van der Waals surface area contributed by atoms with E-state index in [1.807, 2.05) is 17.8 Å². The molecule has 3 rings (SSSR count). The zero-order valence-electron chi connectivity index (χ0n) is 11.0. The molecule has 1 amide bonds. The number of rotatable bonds is 5. The smallest absolute Gasteiger partial charge is 0.315 e. The molecular formula is C12H14BrN5O2. The molecule has 0 aromatic carbocycles. The lowest BCUT2D eigenvalue weighted by Gasteiger charge is -2.15. The third-order valence-electron chi connectivity index (χ3n) is 3.42. The Balaban J connectivity index is 1.63. The zero-order valence-corrected chi connectivity index (χ0v) is 12.6. The summed E-state index contributed by atoms with van der Waals surface area (Å²) in [4.78, 5) is 15.9. The molecule has 1 N–H and O–H groups in total. The van der Waals surface area contributed by atoms with Gasteiger partial charge in [0, 0.05) is 19.2 Å². The lowest BCUT2D eigenvalue weighted by molar-refractivity contribution is 0.0900. The summed E-state index contributed by atoms with van der Waals surface area (Å²) in [7, 11) is 0. The summed E-state index contributed by atoms with van der Waals surface area (Å²) in [6, 6.07) is 0. The summed E-state index contributed by atoms with van der Waals surface area (Å²) in [5.74, 6) is 0.210. The van der Waals surface area contributed by atoms with Gasteiger partial charge in [0.15, 0.2) is 5.82 Å². The number of nitrogens with zero attached hydrogens (tertiary/aromatic N) is 4. The summed E-state index contributed by atoms with van der Waals surface area (Å²) in [6.45, 7) is 2.41. The van der Waals surface area contributed by atoms with Crippen molar-refractivity contribution in [2.75, 3.05) is 6.54 Å². The summed E-state index contributed by atoms with van der Waals surface area (Å²) in [6.07, 6.45) is 6.29. The molecule has 1 aliphatic rings. The van der Waals surface area contributed by atoms with Crippen molar-refractivity contribution in [2.24, 2.45) is 0 Å². The number of nitrogens with one attached hydrogen (secondary N) is 1. The predicted molar refractivity (Wildman–Crippen MR) is 73.1 cm³/mol. The van der Waals surface area contributed by atoms with Crippen LogP contribution in [0.25, 0.3) is 0 Å². The first-order valence-corrected chi connectivity index (χ1v) is 7.24. The maximum absolute atomic E-state index is 11.9. The van der Waals surface area contributed by atoms with Gasteiger partial charge in [0.1, 0.15) is 0 Å². The average Bonchev–Trinajstić information content (AvgIpc) is 2.88. The zero-order chi connectivity index (χ0) is 14.2. The van der Waals surface area contributed by atoms with Gasteiger partial charge in [-0.15, -0.1) is 0 Å². The minimum absolute atomic E-state index is 0.0132. The van der Waals surface area contributed by atoms with Crippen molar-refractivity contribution >= 4 is 21.8 Å². The number of carbonyl (C=O) groups excluding carboxylic acids is 1. The van der Waals surface area contributed by atoms with Gasteiger partial charge in [-0.1, -0.05) is 12.1 Å². The highest BCUT2D eigenvalue weighted by Gasteiger charge is 2.45. The van der Waals surface area contributed by atoms with Crippen molar-refractivity contribution in [3.05, 3.63) is 28.6 Å². The quantitative estimate of drug-likeness (QED) is 0.892. The number of aromatic nitrogens is 4. The molecule has 0 radical (unpaired) electrons. The molecule has 1 saturated carbocycles. The molecule has 0 bridgehead atoms. The van der Waals surface area contributed by atoms with Gasteiger partial charge in [-0.05, 0) is 28.8 Å². The SMILES string of the molecule is CCc1noc(C(=O)NCC2(n3cc(Br)cn3)CC2)n1. The number of aryl methyl sites for hydroxylation is 1. The van der Waals surface area contributed by atoms with E-state index in [0.29, 0.717) is 18.8 Å². The molecule has 20 heavy (non-hydrogen) atoms. The van der Waals surface area contributed by atoms with Crippen LogP contribution < -0.4 is 5.32 Å². The van der Waals surface area contributed by atoms with E-state index < -0.39 is 0 Å². The Morgan fingerprint density at radius 3 is 2.95 bits per heavy atom. The first kappa shape index (κ1) is 13.3. The van der Waals surface area contributed by atoms with E-state index in [-0.39, 0.29) is 17.3 Å². The van der Waals surface area contributed by atoms with Gasteiger partial charge < -0.3 is 9.84 Å². The molecule has 0 atom stereocenters. The van der Waals surface area contributed by atoms with E-state index in [0.717, 1.165) is 17.3 Å². The molecule has 2 aromatic rings. The van der Waals surface area contributed by atoms with Crippen LogP contribution in [0.3, 0.4) is 0 Å². The maximum Gasteiger partial charge on any atom is 0.315 e. The topological polar surface area (TPSA) is 85.8 Å². The second-order valence-corrected chi connectivity index (χ2v) is 5.80. The molecule has 1 fully saturated rings. The van der Waals surface area contributed by atoms with Crippen molar-refractivity contribution in [1.29, 1.82) is 0 Å². The minimum Gasteiger partial charge on any atom is -0.345 e. The van der Waals surface area contributed by atoms with Crippen molar-refractivity contribution in [3.8, 4) is 0 Å². The Morgan fingerprint density at radius 1 is 1.60 bits per heavy atom.